The second-order valence-corrected chi connectivity index (χ2v) is 9.70. The van der Waals surface area contributed by atoms with Gasteiger partial charge >= 0.3 is 0 Å². The number of nitrogens with one attached hydrogen (secondary N) is 1. The van der Waals surface area contributed by atoms with E-state index in [1.165, 1.54) is 25.7 Å². The Morgan fingerprint density at radius 1 is 1.17 bits per heavy atom. The van der Waals surface area contributed by atoms with Crippen LogP contribution in [0.1, 0.15) is 81.7 Å². The first-order valence-corrected chi connectivity index (χ1v) is 11.8. The van der Waals surface area contributed by atoms with Crippen molar-refractivity contribution in [3.63, 3.8) is 0 Å². The van der Waals surface area contributed by atoms with Crippen LogP contribution in [-0.2, 0) is 0 Å². The maximum atomic E-state index is 13.1. The molecule has 1 aromatic heterocycles. The van der Waals surface area contributed by atoms with Gasteiger partial charge in [-0.2, -0.15) is 0 Å². The van der Waals surface area contributed by atoms with Crippen LogP contribution in [-0.4, -0.2) is 28.0 Å². The second-order valence-electron chi connectivity index (χ2n) is 8.40. The van der Waals surface area contributed by atoms with Gasteiger partial charge in [0.05, 0.1) is 35.1 Å². The van der Waals surface area contributed by atoms with Gasteiger partial charge in [-0.25, -0.2) is 4.99 Å². The monoisotopic (exact) mass is 429 g/mol. The van der Waals surface area contributed by atoms with E-state index < -0.39 is 0 Å². The molecule has 0 radical (unpaired) electrons. The van der Waals surface area contributed by atoms with Gasteiger partial charge in [0.25, 0.3) is 5.56 Å². The predicted molar refractivity (Wildman–Crippen MR) is 123 cm³/mol. The minimum atomic E-state index is -0.115. The Kier molecular flexibility index (Phi) is 6.27. The zero-order valence-corrected chi connectivity index (χ0v) is 19.1. The van der Waals surface area contributed by atoms with Crippen molar-refractivity contribution in [2.45, 2.75) is 76.7 Å². The number of nitrogens with zero attached hydrogens (tertiary/aromatic N) is 2. The van der Waals surface area contributed by atoms with Gasteiger partial charge in [-0.3, -0.25) is 14.6 Å². The van der Waals surface area contributed by atoms with Crippen LogP contribution in [0.2, 0.25) is 0 Å². The quantitative estimate of drug-likeness (QED) is 0.614. The van der Waals surface area contributed by atoms with Crippen LogP contribution in [0.25, 0.3) is 0 Å². The molecule has 0 spiro atoms. The minimum Gasteiger partial charge on any atom is -0.493 e. The number of benzene rings is 1. The summed E-state index contributed by atoms with van der Waals surface area (Å²) in [6.45, 7) is 6.00. The fourth-order valence-corrected chi connectivity index (χ4v) is 5.52. The lowest BCUT2D eigenvalue weighted by molar-refractivity contribution is 0.230. The number of hydrogen-bond donors (Lipinski definition) is 1. The van der Waals surface area contributed by atoms with Crippen LogP contribution in [0.15, 0.2) is 28.0 Å². The summed E-state index contributed by atoms with van der Waals surface area (Å²) in [5, 5.41) is 3.98. The van der Waals surface area contributed by atoms with Crippen molar-refractivity contribution >= 4 is 22.6 Å². The summed E-state index contributed by atoms with van der Waals surface area (Å²) in [4.78, 5) is 17.9. The third-order valence-electron chi connectivity index (χ3n) is 5.79. The van der Waals surface area contributed by atoms with Crippen LogP contribution in [0.3, 0.4) is 0 Å². The van der Waals surface area contributed by atoms with E-state index in [1.807, 2.05) is 43.7 Å². The average Bonchev–Trinajstić information content (AvgIpc) is 2.89. The highest BCUT2D eigenvalue weighted by atomic mass is 32.2. The predicted octanol–water partition coefficient (Wildman–Crippen LogP) is 5.75. The van der Waals surface area contributed by atoms with Crippen molar-refractivity contribution in [1.82, 2.24) is 9.78 Å². The van der Waals surface area contributed by atoms with Gasteiger partial charge in [-0.15, -0.1) is 0 Å². The highest BCUT2D eigenvalue weighted by Crippen LogP contribution is 2.46. The lowest BCUT2D eigenvalue weighted by Crippen LogP contribution is -2.14. The van der Waals surface area contributed by atoms with E-state index >= 15 is 0 Å². The molecule has 0 saturated heterocycles. The van der Waals surface area contributed by atoms with E-state index in [2.05, 4.69) is 5.10 Å². The Labute approximate surface area is 182 Å². The Morgan fingerprint density at radius 2 is 1.90 bits per heavy atom. The number of H-pyrrole nitrogens is 1. The standard InChI is InChI=1S/C23H31N3O3S/c1-14(2)29-18-12-11-16(13-19(18)28-4)21-20-22(24-15(3)30-21)26(25-23(20)27)17-9-7-5-6-8-10-17/h11-14,17,21H,5-10H2,1-4H3,(H,25,27)/t21-/m1/s1. The maximum absolute atomic E-state index is 13.1. The highest BCUT2D eigenvalue weighted by molar-refractivity contribution is 8.14. The van der Waals surface area contributed by atoms with Gasteiger partial charge in [-0.05, 0) is 51.3 Å². The number of rotatable bonds is 5. The Balaban J connectivity index is 1.74. The molecule has 0 amide bonds. The average molecular weight is 430 g/mol. The topological polar surface area (TPSA) is 68.6 Å². The smallest absolute Gasteiger partial charge is 0.271 e. The molecule has 1 aliphatic carbocycles. The van der Waals surface area contributed by atoms with Crippen molar-refractivity contribution in [1.29, 1.82) is 0 Å². The van der Waals surface area contributed by atoms with Crippen LogP contribution in [0, 0.1) is 0 Å². The first kappa shape index (κ1) is 21.1. The molecule has 1 atom stereocenters. The van der Waals surface area contributed by atoms with Crippen molar-refractivity contribution in [2.24, 2.45) is 4.99 Å². The number of methoxy groups -OCH3 is 1. The number of ether oxygens (including phenoxy) is 2. The molecule has 2 heterocycles. The molecule has 1 aromatic carbocycles. The number of thioether (sulfide) groups is 1. The van der Waals surface area contributed by atoms with Gasteiger partial charge < -0.3 is 9.47 Å². The minimum absolute atomic E-state index is 0.0375. The molecular weight excluding hydrogens is 398 g/mol. The zero-order chi connectivity index (χ0) is 21.3. The van der Waals surface area contributed by atoms with Gasteiger partial charge in [0.15, 0.2) is 17.3 Å². The summed E-state index contributed by atoms with van der Waals surface area (Å²) in [5.74, 6) is 2.20. The van der Waals surface area contributed by atoms with Crippen LogP contribution in [0.5, 0.6) is 11.5 Å². The second kappa shape index (κ2) is 8.92. The summed E-state index contributed by atoms with van der Waals surface area (Å²) in [6, 6.07) is 6.27. The van der Waals surface area contributed by atoms with Crippen molar-refractivity contribution in [2.75, 3.05) is 7.11 Å². The molecule has 7 heteroatoms. The largest absolute Gasteiger partial charge is 0.493 e. The lowest BCUT2D eigenvalue weighted by Gasteiger charge is -2.24. The van der Waals surface area contributed by atoms with Crippen LogP contribution < -0.4 is 15.0 Å². The third kappa shape index (κ3) is 4.17. The first-order valence-electron chi connectivity index (χ1n) is 10.9. The number of hydrogen-bond acceptors (Lipinski definition) is 5. The third-order valence-corrected chi connectivity index (χ3v) is 6.97. The molecule has 0 unspecified atom stereocenters. The zero-order valence-electron chi connectivity index (χ0n) is 18.2. The van der Waals surface area contributed by atoms with Crippen LogP contribution >= 0.6 is 11.8 Å². The fourth-order valence-electron chi connectivity index (χ4n) is 4.42. The molecule has 2 aromatic rings. The summed E-state index contributed by atoms with van der Waals surface area (Å²) >= 11 is 1.62. The molecule has 6 nitrogen and oxygen atoms in total. The molecule has 2 aliphatic rings. The maximum Gasteiger partial charge on any atom is 0.271 e. The summed E-state index contributed by atoms with van der Waals surface area (Å²) in [5.41, 5.74) is 1.73. The van der Waals surface area contributed by atoms with E-state index in [1.54, 1.807) is 18.9 Å². The normalized spacial score (nSPS) is 19.9. The molecule has 1 fully saturated rings. The number of aliphatic imine (C=N–C) groups is 1. The Bertz CT molecular complexity index is 984. The van der Waals surface area contributed by atoms with Gasteiger partial charge in [0.2, 0.25) is 0 Å². The molecular formula is C23H31N3O3S. The number of aromatic amines is 1. The number of fused-ring (bicyclic) bond motifs is 1. The molecule has 1 aliphatic heterocycles. The van der Waals surface area contributed by atoms with E-state index in [0.717, 1.165) is 34.8 Å². The molecule has 4 rings (SSSR count). The first-order chi connectivity index (χ1) is 14.5. The van der Waals surface area contributed by atoms with Gasteiger partial charge in [-0.1, -0.05) is 43.5 Å². The summed E-state index contributed by atoms with van der Waals surface area (Å²) in [7, 11) is 1.65. The Hall–Kier alpha value is -2.15. The van der Waals surface area contributed by atoms with Crippen molar-refractivity contribution in [3.8, 4) is 11.5 Å². The molecule has 162 valence electrons. The Morgan fingerprint density at radius 3 is 2.57 bits per heavy atom. The highest BCUT2D eigenvalue weighted by Gasteiger charge is 2.32. The summed E-state index contributed by atoms with van der Waals surface area (Å²) in [6.07, 6.45) is 7.21. The van der Waals surface area contributed by atoms with Crippen molar-refractivity contribution < 1.29 is 9.47 Å². The molecule has 1 saturated carbocycles. The van der Waals surface area contributed by atoms with E-state index in [0.29, 0.717) is 17.5 Å². The van der Waals surface area contributed by atoms with E-state index in [-0.39, 0.29) is 16.9 Å². The molecule has 0 bridgehead atoms. The van der Waals surface area contributed by atoms with Gasteiger partial charge in [0.1, 0.15) is 0 Å². The van der Waals surface area contributed by atoms with E-state index in [9.17, 15) is 4.79 Å². The van der Waals surface area contributed by atoms with Crippen LogP contribution in [0.4, 0.5) is 5.82 Å². The van der Waals surface area contributed by atoms with E-state index in [4.69, 9.17) is 14.5 Å². The SMILES string of the molecule is COc1cc([C@H]2SC(C)=Nc3c2c(=O)[nH]n3C2CCCCCC2)ccc1OC(C)C. The molecule has 1 N–H and O–H groups in total. The molecule has 30 heavy (non-hydrogen) atoms. The number of aromatic nitrogens is 2. The fraction of sp³-hybridized carbons (Fsp3) is 0.565. The summed E-state index contributed by atoms with van der Waals surface area (Å²) < 4.78 is 13.5. The van der Waals surface area contributed by atoms with Gasteiger partial charge in [0, 0.05) is 0 Å². The lowest BCUT2D eigenvalue weighted by atomic mass is 10.0. The van der Waals surface area contributed by atoms with Crippen molar-refractivity contribution in [3.05, 3.63) is 39.7 Å².